The number of rotatable bonds is 7. The molecule has 1 rings (SSSR count). The Morgan fingerprint density at radius 2 is 1.90 bits per heavy atom. The van der Waals surface area contributed by atoms with Gasteiger partial charge in [-0.2, -0.15) is 0 Å². The van der Waals surface area contributed by atoms with Gasteiger partial charge in [0.2, 0.25) is 10.0 Å². The topological polar surface area (TPSA) is 82.6 Å². The summed E-state index contributed by atoms with van der Waals surface area (Å²) in [6.07, 6.45) is 6.81. The number of nitrogens with zero attached hydrogens (tertiary/aromatic N) is 1. The molecule has 0 spiro atoms. The highest BCUT2D eigenvalue weighted by molar-refractivity contribution is 7.88. The van der Waals surface area contributed by atoms with Crippen LogP contribution in [0, 0.1) is 5.92 Å². The van der Waals surface area contributed by atoms with E-state index in [-0.39, 0.29) is 0 Å². The van der Waals surface area contributed by atoms with Gasteiger partial charge in [0.1, 0.15) is 0 Å². The van der Waals surface area contributed by atoms with E-state index >= 15 is 0 Å². The lowest BCUT2D eigenvalue weighted by Gasteiger charge is -2.28. The smallest absolute Gasteiger partial charge is 0.208 e. The SMILES string of the molecule is CCNC(=NCCCNS(C)(=O)=O)NC1CCC(C)CC1. The first kappa shape index (κ1) is 18.2. The van der Waals surface area contributed by atoms with Crippen LogP contribution in [0.5, 0.6) is 0 Å². The molecule has 1 aliphatic rings. The summed E-state index contributed by atoms with van der Waals surface area (Å²) in [4.78, 5) is 4.51. The van der Waals surface area contributed by atoms with E-state index in [1.165, 1.54) is 31.9 Å². The molecule has 0 aromatic rings. The van der Waals surface area contributed by atoms with Crippen molar-refractivity contribution in [2.75, 3.05) is 25.9 Å². The molecular formula is C14H30N4O2S. The third-order valence-electron chi connectivity index (χ3n) is 3.67. The van der Waals surface area contributed by atoms with Crippen LogP contribution in [0.2, 0.25) is 0 Å². The zero-order valence-electron chi connectivity index (χ0n) is 13.5. The molecular weight excluding hydrogens is 288 g/mol. The first-order chi connectivity index (χ1) is 9.90. The molecule has 1 saturated carbocycles. The number of nitrogens with one attached hydrogen (secondary N) is 3. The molecule has 6 nitrogen and oxygen atoms in total. The van der Waals surface area contributed by atoms with Crippen LogP contribution < -0.4 is 15.4 Å². The molecule has 0 aromatic carbocycles. The second-order valence-electron chi connectivity index (χ2n) is 5.88. The van der Waals surface area contributed by atoms with Crippen LogP contribution in [0.15, 0.2) is 4.99 Å². The molecule has 21 heavy (non-hydrogen) atoms. The van der Waals surface area contributed by atoms with Gasteiger partial charge in [0.05, 0.1) is 6.26 Å². The quantitative estimate of drug-likeness (QED) is 0.372. The Kier molecular flexibility index (Phi) is 8.03. The molecule has 0 amide bonds. The molecule has 0 unspecified atom stereocenters. The fourth-order valence-corrected chi connectivity index (χ4v) is 2.96. The van der Waals surface area contributed by atoms with Gasteiger partial charge in [-0.25, -0.2) is 13.1 Å². The predicted octanol–water partition coefficient (Wildman–Crippen LogP) is 1.06. The zero-order chi connectivity index (χ0) is 15.7. The van der Waals surface area contributed by atoms with Crippen molar-refractivity contribution < 1.29 is 8.42 Å². The fraction of sp³-hybridized carbons (Fsp3) is 0.929. The summed E-state index contributed by atoms with van der Waals surface area (Å²) in [6.45, 7) is 6.23. The molecule has 0 aliphatic heterocycles. The van der Waals surface area contributed by atoms with E-state index in [1.807, 2.05) is 6.92 Å². The largest absolute Gasteiger partial charge is 0.357 e. The number of guanidine groups is 1. The minimum absolute atomic E-state index is 0.433. The molecule has 0 atom stereocenters. The van der Waals surface area contributed by atoms with E-state index < -0.39 is 10.0 Å². The monoisotopic (exact) mass is 318 g/mol. The molecule has 124 valence electrons. The van der Waals surface area contributed by atoms with Crippen LogP contribution in [0.25, 0.3) is 0 Å². The highest BCUT2D eigenvalue weighted by Crippen LogP contribution is 2.23. The average molecular weight is 318 g/mol. The minimum Gasteiger partial charge on any atom is -0.357 e. The Labute approximate surface area is 129 Å². The van der Waals surface area contributed by atoms with Gasteiger partial charge in [-0.1, -0.05) is 6.92 Å². The Morgan fingerprint density at radius 3 is 2.48 bits per heavy atom. The van der Waals surface area contributed by atoms with Crippen molar-refractivity contribution in [3.63, 3.8) is 0 Å². The first-order valence-electron chi connectivity index (χ1n) is 7.90. The Hall–Kier alpha value is -0.820. The van der Waals surface area contributed by atoms with Crippen molar-refractivity contribution in [1.29, 1.82) is 0 Å². The third kappa shape index (κ3) is 8.93. The van der Waals surface area contributed by atoms with Crippen LogP contribution in [-0.4, -0.2) is 46.3 Å². The molecule has 1 aliphatic carbocycles. The van der Waals surface area contributed by atoms with E-state index in [0.29, 0.717) is 25.6 Å². The Morgan fingerprint density at radius 1 is 1.24 bits per heavy atom. The summed E-state index contributed by atoms with van der Waals surface area (Å²) in [5.74, 6) is 1.68. The molecule has 7 heteroatoms. The Balaban J connectivity index is 2.32. The maximum atomic E-state index is 10.9. The minimum atomic E-state index is -3.09. The number of hydrogen-bond donors (Lipinski definition) is 3. The van der Waals surface area contributed by atoms with Gasteiger partial charge < -0.3 is 10.6 Å². The van der Waals surface area contributed by atoms with Gasteiger partial charge in [-0.15, -0.1) is 0 Å². The number of hydrogen-bond acceptors (Lipinski definition) is 3. The maximum Gasteiger partial charge on any atom is 0.208 e. The van der Waals surface area contributed by atoms with Crippen molar-refractivity contribution >= 4 is 16.0 Å². The number of sulfonamides is 1. The third-order valence-corrected chi connectivity index (χ3v) is 4.40. The van der Waals surface area contributed by atoms with Crippen molar-refractivity contribution in [1.82, 2.24) is 15.4 Å². The van der Waals surface area contributed by atoms with Crippen LogP contribution in [0.3, 0.4) is 0 Å². The molecule has 0 saturated heterocycles. The van der Waals surface area contributed by atoms with Gasteiger partial charge in [-0.3, -0.25) is 4.99 Å². The fourth-order valence-electron chi connectivity index (χ4n) is 2.45. The lowest BCUT2D eigenvalue weighted by molar-refractivity contribution is 0.329. The standard InChI is InChI=1S/C14H30N4O2S/c1-4-15-14(16-10-5-11-17-21(3,19)20)18-13-8-6-12(2)7-9-13/h12-13,17H,4-11H2,1-3H3,(H2,15,16,18). The van der Waals surface area contributed by atoms with E-state index in [0.717, 1.165) is 18.4 Å². The van der Waals surface area contributed by atoms with E-state index in [1.54, 1.807) is 0 Å². The number of aliphatic imine (C=N–C) groups is 1. The lowest BCUT2D eigenvalue weighted by Crippen LogP contribution is -2.44. The van der Waals surface area contributed by atoms with Crippen molar-refractivity contribution in [3.8, 4) is 0 Å². The van der Waals surface area contributed by atoms with E-state index in [4.69, 9.17) is 0 Å². The maximum absolute atomic E-state index is 10.9. The second-order valence-corrected chi connectivity index (χ2v) is 7.71. The normalized spacial score (nSPS) is 23.9. The molecule has 3 N–H and O–H groups in total. The summed E-state index contributed by atoms with van der Waals surface area (Å²) in [5, 5.41) is 6.73. The van der Waals surface area contributed by atoms with E-state index in [2.05, 4.69) is 27.3 Å². The van der Waals surface area contributed by atoms with Gasteiger partial charge in [-0.05, 0) is 44.9 Å². The molecule has 0 bridgehead atoms. The van der Waals surface area contributed by atoms with Crippen molar-refractivity contribution in [2.45, 2.75) is 52.0 Å². The Bertz CT molecular complexity index is 415. The summed E-state index contributed by atoms with van der Waals surface area (Å²) in [6, 6.07) is 0.508. The highest BCUT2D eigenvalue weighted by atomic mass is 32.2. The van der Waals surface area contributed by atoms with Gasteiger partial charge in [0.15, 0.2) is 5.96 Å². The van der Waals surface area contributed by atoms with Gasteiger partial charge >= 0.3 is 0 Å². The summed E-state index contributed by atoms with van der Waals surface area (Å²) < 4.78 is 24.4. The lowest BCUT2D eigenvalue weighted by atomic mass is 9.87. The van der Waals surface area contributed by atoms with Crippen LogP contribution in [0.4, 0.5) is 0 Å². The van der Waals surface area contributed by atoms with Crippen LogP contribution in [0.1, 0.15) is 46.0 Å². The summed E-state index contributed by atoms with van der Waals surface area (Å²) >= 11 is 0. The average Bonchev–Trinajstić information content (AvgIpc) is 2.40. The molecule has 0 heterocycles. The molecule has 0 radical (unpaired) electrons. The van der Waals surface area contributed by atoms with E-state index in [9.17, 15) is 8.42 Å². The predicted molar refractivity (Wildman–Crippen MR) is 88.0 cm³/mol. The van der Waals surface area contributed by atoms with Crippen LogP contribution in [-0.2, 0) is 10.0 Å². The van der Waals surface area contributed by atoms with Crippen LogP contribution >= 0.6 is 0 Å². The molecule has 0 aromatic heterocycles. The van der Waals surface area contributed by atoms with Gasteiger partial charge in [0.25, 0.3) is 0 Å². The zero-order valence-corrected chi connectivity index (χ0v) is 14.3. The summed E-state index contributed by atoms with van der Waals surface area (Å²) in [5.41, 5.74) is 0. The second kappa shape index (κ2) is 9.25. The first-order valence-corrected chi connectivity index (χ1v) is 9.79. The van der Waals surface area contributed by atoms with Gasteiger partial charge in [0, 0.05) is 25.7 Å². The molecule has 1 fully saturated rings. The summed E-state index contributed by atoms with van der Waals surface area (Å²) in [7, 11) is -3.09. The van der Waals surface area contributed by atoms with Crippen molar-refractivity contribution in [2.24, 2.45) is 10.9 Å². The van der Waals surface area contributed by atoms with Crippen molar-refractivity contribution in [3.05, 3.63) is 0 Å². The highest BCUT2D eigenvalue weighted by Gasteiger charge is 2.18.